The molecule has 1 aliphatic heterocycles. The van der Waals surface area contributed by atoms with Crippen molar-refractivity contribution in [2.45, 2.75) is 36.9 Å². The van der Waals surface area contributed by atoms with Gasteiger partial charge in [0, 0.05) is 13.2 Å². The Morgan fingerprint density at radius 2 is 2.20 bits per heavy atom. The van der Waals surface area contributed by atoms with Crippen LogP contribution in [-0.4, -0.2) is 34.2 Å². The summed E-state index contributed by atoms with van der Waals surface area (Å²) < 4.78 is 46.2. The van der Waals surface area contributed by atoms with Crippen LogP contribution in [0.1, 0.15) is 18.9 Å². The lowest BCUT2D eigenvalue weighted by molar-refractivity contribution is 0.117. The number of hydrogen-bond donors (Lipinski definition) is 2. The summed E-state index contributed by atoms with van der Waals surface area (Å²) in [7, 11) is -2.12. The zero-order valence-electron chi connectivity index (χ0n) is 11.5. The van der Waals surface area contributed by atoms with Gasteiger partial charge in [0.25, 0.3) is 0 Å². The van der Waals surface area contributed by atoms with Gasteiger partial charge in [-0.05, 0) is 38.1 Å². The molecule has 1 aromatic carbocycles. The monoisotopic (exact) mass is 302 g/mol. The zero-order valence-corrected chi connectivity index (χ0v) is 12.3. The van der Waals surface area contributed by atoms with E-state index < -0.39 is 15.8 Å². The molecule has 20 heavy (non-hydrogen) atoms. The lowest BCUT2D eigenvalue weighted by Crippen LogP contribution is -2.39. The van der Waals surface area contributed by atoms with Gasteiger partial charge in [0.05, 0.1) is 12.1 Å². The minimum absolute atomic E-state index is 0.198. The first-order valence-electron chi connectivity index (χ1n) is 6.51. The van der Waals surface area contributed by atoms with Crippen molar-refractivity contribution in [1.29, 1.82) is 0 Å². The maximum absolute atomic E-state index is 14.0. The molecule has 2 rings (SSSR count). The third kappa shape index (κ3) is 3.35. The largest absolute Gasteiger partial charge is 0.377 e. The number of benzene rings is 1. The Hall–Kier alpha value is -1.02. The van der Waals surface area contributed by atoms with Crippen molar-refractivity contribution in [1.82, 2.24) is 10.0 Å². The molecule has 2 atom stereocenters. The van der Waals surface area contributed by atoms with Crippen LogP contribution in [0.25, 0.3) is 0 Å². The molecule has 0 radical (unpaired) electrons. The molecule has 0 aliphatic carbocycles. The summed E-state index contributed by atoms with van der Waals surface area (Å²) in [5, 5.41) is 2.89. The smallest absolute Gasteiger partial charge is 0.243 e. The molecule has 5 nitrogen and oxygen atoms in total. The molecule has 0 bridgehead atoms. The first-order chi connectivity index (χ1) is 9.44. The summed E-state index contributed by atoms with van der Waals surface area (Å²) in [6, 6.07) is 3.82. The van der Waals surface area contributed by atoms with E-state index in [0.717, 1.165) is 0 Å². The average molecular weight is 302 g/mol. The quantitative estimate of drug-likeness (QED) is 0.851. The van der Waals surface area contributed by atoms with Gasteiger partial charge in [0.1, 0.15) is 10.7 Å². The molecule has 1 aliphatic rings. The molecule has 1 saturated heterocycles. The minimum atomic E-state index is -3.86. The van der Waals surface area contributed by atoms with Crippen molar-refractivity contribution in [3.05, 3.63) is 29.6 Å². The highest BCUT2D eigenvalue weighted by Gasteiger charge is 2.30. The van der Waals surface area contributed by atoms with E-state index in [1.54, 1.807) is 20.0 Å². The Labute approximate surface area is 118 Å². The topological polar surface area (TPSA) is 67.4 Å². The predicted octanol–water partition coefficient (Wildman–Crippen LogP) is 1.00. The van der Waals surface area contributed by atoms with E-state index >= 15 is 0 Å². The average Bonchev–Trinajstić information content (AvgIpc) is 2.74. The van der Waals surface area contributed by atoms with Crippen LogP contribution in [-0.2, 0) is 21.3 Å². The summed E-state index contributed by atoms with van der Waals surface area (Å²) in [5.74, 6) is -0.739. The van der Waals surface area contributed by atoms with Gasteiger partial charge in [-0.3, -0.25) is 0 Å². The van der Waals surface area contributed by atoms with E-state index in [0.29, 0.717) is 25.1 Å². The van der Waals surface area contributed by atoms with Gasteiger partial charge in [-0.1, -0.05) is 6.07 Å². The van der Waals surface area contributed by atoms with Crippen LogP contribution in [0.15, 0.2) is 23.1 Å². The van der Waals surface area contributed by atoms with E-state index in [-0.39, 0.29) is 17.0 Å². The van der Waals surface area contributed by atoms with Crippen LogP contribution >= 0.6 is 0 Å². The number of nitrogens with one attached hydrogen (secondary N) is 2. The minimum Gasteiger partial charge on any atom is -0.377 e. The van der Waals surface area contributed by atoms with Crippen molar-refractivity contribution in [3.8, 4) is 0 Å². The van der Waals surface area contributed by atoms with E-state index in [4.69, 9.17) is 4.74 Å². The molecule has 7 heteroatoms. The fraction of sp³-hybridized carbons (Fsp3) is 0.538. The lowest BCUT2D eigenvalue weighted by Gasteiger charge is -2.16. The molecule has 1 fully saturated rings. The number of halogens is 1. The zero-order chi connectivity index (χ0) is 14.8. The third-order valence-electron chi connectivity index (χ3n) is 3.35. The Balaban J connectivity index is 2.20. The van der Waals surface area contributed by atoms with E-state index in [1.165, 1.54) is 12.1 Å². The van der Waals surface area contributed by atoms with Crippen molar-refractivity contribution in [2.75, 3.05) is 13.7 Å². The van der Waals surface area contributed by atoms with Gasteiger partial charge in [-0.15, -0.1) is 0 Å². The number of rotatable bonds is 5. The summed E-state index contributed by atoms with van der Waals surface area (Å²) in [5.41, 5.74) is 0.696. The molecular formula is C13H19FN2O3S. The van der Waals surface area contributed by atoms with Gasteiger partial charge in [-0.2, -0.15) is 0 Å². The van der Waals surface area contributed by atoms with Crippen molar-refractivity contribution in [3.63, 3.8) is 0 Å². The number of sulfonamides is 1. The summed E-state index contributed by atoms with van der Waals surface area (Å²) in [6.45, 7) is 2.79. The summed E-state index contributed by atoms with van der Waals surface area (Å²) in [6.07, 6.45) is 0.399. The van der Waals surface area contributed by atoms with Gasteiger partial charge in [0.15, 0.2) is 0 Å². The molecule has 0 spiro atoms. The fourth-order valence-corrected chi connectivity index (χ4v) is 3.62. The van der Waals surface area contributed by atoms with Crippen LogP contribution in [0.3, 0.4) is 0 Å². The van der Waals surface area contributed by atoms with Crippen LogP contribution in [0.4, 0.5) is 4.39 Å². The molecule has 2 unspecified atom stereocenters. The fourth-order valence-electron chi connectivity index (χ4n) is 2.23. The van der Waals surface area contributed by atoms with Crippen LogP contribution in [0, 0.1) is 5.82 Å². The van der Waals surface area contributed by atoms with Gasteiger partial charge in [-0.25, -0.2) is 17.5 Å². The van der Waals surface area contributed by atoms with Crippen molar-refractivity contribution in [2.24, 2.45) is 0 Å². The SMILES string of the molecule is CNCc1ccc(S(=O)(=O)NC2CCOC2C)c(F)c1. The Morgan fingerprint density at radius 1 is 1.45 bits per heavy atom. The molecule has 1 aromatic rings. The molecule has 0 saturated carbocycles. The highest BCUT2D eigenvalue weighted by molar-refractivity contribution is 7.89. The van der Waals surface area contributed by atoms with Crippen molar-refractivity contribution < 1.29 is 17.5 Å². The van der Waals surface area contributed by atoms with E-state index in [1.807, 2.05) is 0 Å². The second-order valence-corrected chi connectivity index (χ2v) is 6.57. The highest BCUT2D eigenvalue weighted by Crippen LogP contribution is 2.20. The van der Waals surface area contributed by atoms with Crippen LogP contribution in [0.2, 0.25) is 0 Å². The maximum atomic E-state index is 14.0. The third-order valence-corrected chi connectivity index (χ3v) is 4.87. The molecular weight excluding hydrogens is 283 g/mol. The second kappa shape index (κ2) is 6.17. The van der Waals surface area contributed by atoms with Crippen LogP contribution in [0.5, 0.6) is 0 Å². The van der Waals surface area contributed by atoms with Crippen LogP contribution < -0.4 is 10.0 Å². The van der Waals surface area contributed by atoms with Gasteiger partial charge in [0.2, 0.25) is 10.0 Å². The molecule has 0 aromatic heterocycles. The standard InChI is InChI=1S/C13H19FN2O3S/c1-9-12(5-6-19-9)16-20(17,18)13-4-3-10(8-15-2)7-11(13)14/h3-4,7,9,12,15-16H,5-6,8H2,1-2H3. The molecule has 112 valence electrons. The summed E-state index contributed by atoms with van der Waals surface area (Å²) in [4.78, 5) is -0.323. The maximum Gasteiger partial charge on any atom is 0.243 e. The predicted molar refractivity (Wildman–Crippen MR) is 73.3 cm³/mol. The molecule has 1 heterocycles. The first kappa shape index (κ1) is 15.4. The summed E-state index contributed by atoms with van der Waals surface area (Å²) >= 11 is 0. The Bertz CT molecular complexity index is 577. The first-order valence-corrected chi connectivity index (χ1v) is 7.99. The van der Waals surface area contributed by atoms with E-state index in [9.17, 15) is 12.8 Å². The second-order valence-electron chi connectivity index (χ2n) is 4.89. The normalized spacial score (nSPS) is 23.1. The number of hydrogen-bond acceptors (Lipinski definition) is 4. The van der Waals surface area contributed by atoms with Gasteiger partial charge >= 0.3 is 0 Å². The highest BCUT2D eigenvalue weighted by atomic mass is 32.2. The Kier molecular flexibility index (Phi) is 4.74. The molecule has 2 N–H and O–H groups in total. The lowest BCUT2D eigenvalue weighted by atomic mass is 10.2. The van der Waals surface area contributed by atoms with Crippen molar-refractivity contribution >= 4 is 10.0 Å². The number of ether oxygens (including phenoxy) is 1. The Morgan fingerprint density at radius 3 is 2.75 bits per heavy atom. The van der Waals surface area contributed by atoms with Gasteiger partial charge < -0.3 is 10.1 Å². The molecule has 0 amide bonds. The van der Waals surface area contributed by atoms with E-state index in [2.05, 4.69) is 10.0 Å².